The van der Waals surface area contributed by atoms with Crippen LogP contribution in [0.5, 0.6) is 0 Å². The molecule has 1 aromatic rings. The normalized spacial score (nSPS) is 21.6. The molecule has 2 rings (SSSR count). The molecule has 0 spiro atoms. The molecule has 0 amide bonds. The molecule has 1 aromatic carbocycles. The molecule has 1 atom stereocenters. The maximum absolute atomic E-state index is 13.2. The van der Waals surface area contributed by atoms with Crippen molar-refractivity contribution in [2.24, 2.45) is 0 Å². The van der Waals surface area contributed by atoms with Crippen LogP contribution in [-0.2, 0) is 4.79 Å². The van der Waals surface area contributed by atoms with E-state index in [0.29, 0.717) is 24.2 Å². The van der Waals surface area contributed by atoms with Crippen molar-refractivity contribution in [1.29, 1.82) is 0 Å². The van der Waals surface area contributed by atoms with E-state index >= 15 is 0 Å². The maximum atomic E-state index is 13.2. The predicted octanol–water partition coefficient (Wildman–Crippen LogP) is 2.97. The molecule has 0 saturated heterocycles. The molecule has 1 saturated carbocycles. The highest BCUT2D eigenvalue weighted by atomic mass is 19.1. The number of hydrogen-bond donors (Lipinski definition) is 0. The summed E-state index contributed by atoms with van der Waals surface area (Å²) in [5.41, 5.74) is 1.64. The number of Topliss-reactive ketones (excluding diaryl/α,β-unsaturated/α-hetero) is 1. The zero-order valence-corrected chi connectivity index (χ0v) is 8.22. The van der Waals surface area contributed by atoms with Crippen molar-refractivity contribution in [2.75, 3.05) is 0 Å². The molecule has 0 bridgehead atoms. The van der Waals surface area contributed by atoms with Crippen LogP contribution in [-0.4, -0.2) is 5.78 Å². The third kappa shape index (κ3) is 1.69. The minimum atomic E-state index is -0.165. The molecule has 1 fully saturated rings. The molecule has 14 heavy (non-hydrogen) atoms. The monoisotopic (exact) mass is 192 g/mol. The minimum absolute atomic E-state index is 0.165. The van der Waals surface area contributed by atoms with Gasteiger partial charge in [-0.3, -0.25) is 4.79 Å². The van der Waals surface area contributed by atoms with E-state index in [2.05, 4.69) is 0 Å². The summed E-state index contributed by atoms with van der Waals surface area (Å²) in [7, 11) is 0. The van der Waals surface area contributed by atoms with Gasteiger partial charge in [-0.25, -0.2) is 4.39 Å². The van der Waals surface area contributed by atoms with Gasteiger partial charge in [0.2, 0.25) is 0 Å². The zero-order chi connectivity index (χ0) is 10.1. The summed E-state index contributed by atoms with van der Waals surface area (Å²) in [6, 6.07) is 5.29. The molecular weight excluding hydrogens is 179 g/mol. The Hall–Kier alpha value is -1.18. The first-order valence-corrected chi connectivity index (χ1v) is 4.94. The van der Waals surface area contributed by atoms with Crippen LogP contribution in [0.3, 0.4) is 0 Å². The van der Waals surface area contributed by atoms with Gasteiger partial charge in [-0.15, -0.1) is 0 Å². The van der Waals surface area contributed by atoms with Gasteiger partial charge in [0.15, 0.2) is 0 Å². The molecule has 74 valence electrons. The van der Waals surface area contributed by atoms with Crippen LogP contribution >= 0.6 is 0 Å². The average molecular weight is 192 g/mol. The zero-order valence-electron chi connectivity index (χ0n) is 8.22. The first-order chi connectivity index (χ1) is 6.66. The van der Waals surface area contributed by atoms with Gasteiger partial charge in [0, 0.05) is 12.8 Å². The van der Waals surface area contributed by atoms with Crippen molar-refractivity contribution in [3.63, 3.8) is 0 Å². The molecule has 0 heterocycles. The highest BCUT2D eigenvalue weighted by molar-refractivity contribution is 5.81. The lowest BCUT2D eigenvalue weighted by atomic mass is 9.96. The predicted molar refractivity (Wildman–Crippen MR) is 52.7 cm³/mol. The highest BCUT2D eigenvalue weighted by Crippen LogP contribution is 2.32. The topological polar surface area (TPSA) is 17.1 Å². The number of carbonyl (C=O) groups is 1. The van der Waals surface area contributed by atoms with Crippen molar-refractivity contribution in [3.8, 4) is 0 Å². The van der Waals surface area contributed by atoms with Gasteiger partial charge >= 0.3 is 0 Å². The Balaban J connectivity index is 2.24. The van der Waals surface area contributed by atoms with E-state index in [-0.39, 0.29) is 11.7 Å². The van der Waals surface area contributed by atoms with Crippen molar-refractivity contribution in [1.82, 2.24) is 0 Å². The second kappa shape index (κ2) is 3.52. The van der Waals surface area contributed by atoms with Crippen LogP contribution in [0.4, 0.5) is 4.39 Å². The summed E-state index contributed by atoms with van der Waals surface area (Å²) >= 11 is 0. The second-order valence-electron chi connectivity index (χ2n) is 3.99. The molecule has 1 aliphatic rings. The van der Waals surface area contributed by atoms with Gasteiger partial charge < -0.3 is 0 Å². The Morgan fingerprint density at radius 1 is 1.43 bits per heavy atom. The Morgan fingerprint density at radius 3 is 2.79 bits per heavy atom. The SMILES string of the molecule is Cc1ccc(C2CCC(=O)C2)cc1F. The van der Waals surface area contributed by atoms with E-state index < -0.39 is 0 Å². The molecule has 1 nitrogen and oxygen atoms in total. The third-order valence-corrected chi connectivity index (χ3v) is 2.91. The van der Waals surface area contributed by atoms with E-state index in [9.17, 15) is 9.18 Å². The number of rotatable bonds is 1. The number of benzene rings is 1. The molecule has 1 aliphatic carbocycles. The van der Waals surface area contributed by atoms with Crippen molar-refractivity contribution in [3.05, 3.63) is 35.1 Å². The van der Waals surface area contributed by atoms with Crippen LogP contribution in [0.25, 0.3) is 0 Å². The molecule has 0 radical (unpaired) electrons. The van der Waals surface area contributed by atoms with E-state index in [1.165, 1.54) is 0 Å². The Morgan fingerprint density at radius 2 is 2.21 bits per heavy atom. The Bertz CT molecular complexity index is 371. The molecule has 2 heteroatoms. The van der Waals surface area contributed by atoms with Crippen molar-refractivity contribution >= 4 is 5.78 Å². The smallest absolute Gasteiger partial charge is 0.133 e. The molecule has 1 unspecified atom stereocenters. The van der Waals surface area contributed by atoms with E-state index in [4.69, 9.17) is 0 Å². The van der Waals surface area contributed by atoms with Gasteiger partial charge in [-0.2, -0.15) is 0 Å². The Kier molecular flexibility index (Phi) is 2.36. The lowest BCUT2D eigenvalue weighted by Gasteiger charge is -2.09. The number of ketones is 1. The summed E-state index contributed by atoms with van der Waals surface area (Å²) < 4.78 is 13.2. The number of aryl methyl sites for hydroxylation is 1. The first-order valence-electron chi connectivity index (χ1n) is 4.94. The number of halogens is 1. The molecule has 0 N–H and O–H groups in total. The summed E-state index contributed by atoms with van der Waals surface area (Å²) in [6.45, 7) is 1.75. The van der Waals surface area contributed by atoms with Crippen molar-refractivity contribution in [2.45, 2.75) is 32.1 Å². The van der Waals surface area contributed by atoms with Crippen LogP contribution < -0.4 is 0 Å². The Labute approximate surface area is 82.9 Å². The largest absolute Gasteiger partial charge is 0.300 e. The minimum Gasteiger partial charge on any atom is -0.300 e. The quantitative estimate of drug-likeness (QED) is 0.668. The third-order valence-electron chi connectivity index (χ3n) is 2.91. The molecular formula is C12H13FO. The fourth-order valence-corrected chi connectivity index (χ4v) is 1.96. The summed E-state index contributed by atoms with van der Waals surface area (Å²) in [4.78, 5) is 11.1. The molecule has 0 aliphatic heterocycles. The van der Waals surface area contributed by atoms with Crippen LogP contribution in [0.1, 0.15) is 36.3 Å². The van der Waals surface area contributed by atoms with Gasteiger partial charge in [0.25, 0.3) is 0 Å². The summed E-state index contributed by atoms with van der Waals surface area (Å²) in [6.07, 6.45) is 2.12. The van der Waals surface area contributed by atoms with E-state index in [0.717, 1.165) is 12.0 Å². The molecule has 0 aromatic heterocycles. The van der Waals surface area contributed by atoms with Crippen LogP contribution in [0.2, 0.25) is 0 Å². The van der Waals surface area contributed by atoms with Gasteiger partial charge in [0.1, 0.15) is 11.6 Å². The van der Waals surface area contributed by atoms with E-state index in [1.807, 2.05) is 6.07 Å². The van der Waals surface area contributed by atoms with Gasteiger partial charge in [0.05, 0.1) is 0 Å². The highest BCUT2D eigenvalue weighted by Gasteiger charge is 2.23. The van der Waals surface area contributed by atoms with Crippen molar-refractivity contribution < 1.29 is 9.18 Å². The van der Waals surface area contributed by atoms with Crippen LogP contribution in [0, 0.1) is 12.7 Å². The summed E-state index contributed by atoms with van der Waals surface area (Å²) in [5, 5.41) is 0. The maximum Gasteiger partial charge on any atom is 0.133 e. The fourth-order valence-electron chi connectivity index (χ4n) is 1.96. The summed E-state index contributed by atoms with van der Waals surface area (Å²) in [5.74, 6) is 0.385. The average Bonchev–Trinajstić information content (AvgIpc) is 2.57. The van der Waals surface area contributed by atoms with Gasteiger partial charge in [-0.05, 0) is 36.5 Å². The van der Waals surface area contributed by atoms with E-state index in [1.54, 1.807) is 19.1 Å². The van der Waals surface area contributed by atoms with Crippen LogP contribution in [0.15, 0.2) is 18.2 Å². The fraction of sp³-hybridized carbons (Fsp3) is 0.417. The number of carbonyl (C=O) groups excluding carboxylic acids is 1. The standard InChI is InChI=1S/C12H13FO/c1-8-2-3-10(7-12(8)13)9-4-5-11(14)6-9/h2-3,7,9H,4-6H2,1H3. The van der Waals surface area contributed by atoms with Gasteiger partial charge in [-0.1, -0.05) is 12.1 Å². The lowest BCUT2D eigenvalue weighted by molar-refractivity contribution is -0.117. The number of hydrogen-bond acceptors (Lipinski definition) is 1. The second-order valence-corrected chi connectivity index (χ2v) is 3.99. The first kappa shape index (κ1) is 9.38. The lowest BCUT2D eigenvalue weighted by Crippen LogP contribution is -1.96.